The molecule has 1 N–H and O–H groups in total. The zero-order valence-corrected chi connectivity index (χ0v) is 16.0. The first kappa shape index (κ1) is 19.9. The van der Waals surface area contributed by atoms with Gasteiger partial charge in [-0.1, -0.05) is 39.8 Å². The van der Waals surface area contributed by atoms with Crippen LogP contribution >= 0.6 is 0 Å². The zero-order chi connectivity index (χ0) is 20.2. The van der Waals surface area contributed by atoms with Gasteiger partial charge in [-0.05, 0) is 48.3 Å². The van der Waals surface area contributed by atoms with Crippen molar-refractivity contribution in [1.82, 2.24) is 5.01 Å². The van der Waals surface area contributed by atoms with E-state index in [1.165, 1.54) is 12.1 Å². The average Bonchev–Trinajstić information content (AvgIpc) is 2.87. The Morgan fingerprint density at radius 3 is 2.33 bits per heavy atom. The van der Waals surface area contributed by atoms with Crippen LogP contribution in [-0.2, 0) is 5.41 Å². The number of fused-ring (bicyclic) bond motifs is 1. The van der Waals surface area contributed by atoms with Crippen LogP contribution in [0.2, 0.25) is 0 Å². The number of nitrogens with zero attached hydrogens (tertiary/aromatic N) is 2. The lowest BCUT2D eigenvalue weighted by atomic mass is 9.76. The van der Waals surface area contributed by atoms with Gasteiger partial charge >= 0.3 is 6.18 Å². The van der Waals surface area contributed by atoms with E-state index in [1.807, 2.05) is 27.7 Å². The van der Waals surface area contributed by atoms with E-state index in [1.54, 1.807) is 12.1 Å². The number of alkyl halides is 3. The molecular formula is C20H25F3N2O2. The van der Waals surface area contributed by atoms with E-state index < -0.39 is 23.7 Å². The molecule has 0 aromatic heterocycles. The highest BCUT2D eigenvalue weighted by molar-refractivity contribution is 5.99. The lowest BCUT2D eigenvalue weighted by Gasteiger charge is -2.39. The van der Waals surface area contributed by atoms with Gasteiger partial charge < -0.3 is 5.11 Å². The second-order valence-electron chi connectivity index (χ2n) is 8.69. The van der Waals surface area contributed by atoms with Crippen LogP contribution in [0.4, 0.5) is 13.2 Å². The van der Waals surface area contributed by atoms with Gasteiger partial charge in [-0.25, -0.2) is 0 Å². The fraction of sp³-hybridized carbons (Fsp3) is 0.600. The first-order valence-corrected chi connectivity index (χ1v) is 9.17. The van der Waals surface area contributed by atoms with Crippen LogP contribution in [0.1, 0.15) is 62.9 Å². The van der Waals surface area contributed by atoms with E-state index in [0.717, 1.165) is 5.56 Å². The minimum Gasteiger partial charge on any atom is -0.362 e. The van der Waals surface area contributed by atoms with E-state index in [-0.39, 0.29) is 34.0 Å². The Labute approximate surface area is 157 Å². The van der Waals surface area contributed by atoms with Crippen LogP contribution in [0.25, 0.3) is 0 Å². The number of rotatable bonds is 1. The predicted molar refractivity (Wildman–Crippen MR) is 96.3 cm³/mol. The molecule has 0 bridgehead atoms. The quantitative estimate of drug-likeness (QED) is 0.778. The van der Waals surface area contributed by atoms with Crippen LogP contribution in [0.15, 0.2) is 29.4 Å². The Kier molecular flexibility index (Phi) is 4.65. The smallest absolute Gasteiger partial charge is 0.362 e. The average molecular weight is 382 g/mol. The van der Waals surface area contributed by atoms with Crippen molar-refractivity contribution in [3.05, 3.63) is 35.4 Å². The Morgan fingerprint density at radius 2 is 1.81 bits per heavy atom. The number of hydrogen-bond acceptors (Lipinski definition) is 3. The second kappa shape index (κ2) is 6.33. The zero-order valence-electron chi connectivity index (χ0n) is 16.0. The number of hydrogen-bond donors (Lipinski definition) is 1. The molecule has 3 atom stereocenters. The molecule has 0 unspecified atom stereocenters. The third kappa shape index (κ3) is 3.26. The summed E-state index contributed by atoms with van der Waals surface area (Å²) in [4.78, 5) is 12.9. The number of amides is 1. The Morgan fingerprint density at radius 1 is 1.22 bits per heavy atom. The van der Waals surface area contributed by atoms with Crippen molar-refractivity contribution in [3.63, 3.8) is 0 Å². The molecule has 1 aliphatic carbocycles. The summed E-state index contributed by atoms with van der Waals surface area (Å²) in [5.41, 5.74) is -2.15. The van der Waals surface area contributed by atoms with Gasteiger partial charge in [0.25, 0.3) is 11.6 Å². The van der Waals surface area contributed by atoms with E-state index in [2.05, 4.69) is 5.10 Å². The molecule has 2 aliphatic rings. The molecule has 148 valence electrons. The molecule has 0 saturated heterocycles. The van der Waals surface area contributed by atoms with Crippen LogP contribution in [0, 0.1) is 11.8 Å². The summed E-state index contributed by atoms with van der Waals surface area (Å²) in [6.45, 7) is 7.86. The molecule has 1 aliphatic heterocycles. The third-order valence-electron chi connectivity index (χ3n) is 5.58. The Hall–Kier alpha value is -1.89. The van der Waals surface area contributed by atoms with E-state index in [4.69, 9.17) is 0 Å². The number of aliphatic hydroxyl groups is 1. The van der Waals surface area contributed by atoms with Crippen LogP contribution in [0.3, 0.4) is 0 Å². The van der Waals surface area contributed by atoms with Crippen molar-refractivity contribution < 1.29 is 23.1 Å². The molecule has 1 aromatic carbocycles. The first-order chi connectivity index (χ1) is 12.4. The molecule has 1 aromatic rings. The van der Waals surface area contributed by atoms with Gasteiger partial charge in [-0.3, -0.25) is 4.79 Å². The van der Waals surface area contributed by atoms with Crippen LogP contribution < -0.4 is 0 Å². The fourth-order valence-corrected chi connectivity index (χ4v) is 3.85. The molecule has 0 radical (unpaired) electrons. The molecule has 4 nitrogen and oxygen atoms in total. The SMILES string of the molecule is C[C@@H]1CCC2=NN(C(=O)c3ccc(C(C)(C)C)cc3)[C@@](O)(C(F)(F)F)[C@@H]2C1. The first-order valence-electron chi connectivity index (χ1n) is 9.17. The lowest BCUT2D eigenvalue weighted by Crippen LogP contribution is -2.61. The number of benzene rings is 1. The van der Waals surface area contributed by atoms with Crippen molar-refractivity contribution in [3.8, 4) is 0 Å². The molecule has 1 heterocycles. The minimum absolute atomic E-state index is 0.0314. The highest BCUT2D eigenvalue weighted by Crippen LogP contribution is 2.49. The molecule has 1 saturated carbocycles. The summed E-state index contributed by atoms with van der Waals surface area (Å²) in [5.74, 6) is -2.12. The summed E-state index contributed by atoms with van der Waals surface area (Å²) >= 11 is 0. The summed E-state index contributed by atoms with van der Waals surface area (Å²) in [5, 5.41) is 14.9. The highest BCUT2D eigenvalue weighted by atomic mass is 19.4. The monoisotopic (exact) mass is 382 g/mol. The van der Waals surface area contributed by atoms with Gasteiger partial charge in [0, 0.05) is 11.3 Å². The van der Waals surface area contributed by atoms with Gasteiger partial charge in [0.1, 0.15) is 0 Å². The molecule has 1 amide bonds. The summed E-state index contributed by atoms with van der Waals surface area (Å²) in [7, 11) is 0. The van der Waals surface area contributed by atoms with Gasteiger partial charge in [0.15, 0.2) is 0 Å². The number of carbonyl (C=O) groups excluding carboxylic acids is 1. The summed E-state index contributed by atoms with van der Waals surface area (Å²) in [6, 6.07) is 6.42. The molecule has 3 rings (SSSR count). The second-order valence-corrected chi connectivity index (χ2v) is 8.69. The Balaban J connectivity index is 1.98. The molecular weight excluding hydrogens is 357 g/mol. The normalized spacial score (nSPS) is 28.7. The summed E-state index contributed by atoms with van der Waals surface area (Å²) in [6.07, 6.45) is -3.79. The Bertz CT molecular complexity index is 765. The van der Waals surface area contributed by atoms with E-state index in [9.17, 15) is 23.1 Å². The van der Waals surface area contributed by atoms with Crippen LogP contribution in [-0.4, -0.2) is 33.6 Å². The number of carbonyl (C=O) groups is 1. The maximum absolute atomic E-state index is 13.9. The topological polar surface area (TPSA) is 52.9 Å². The van der Waals surface area contributed by atoms with Gasteiger partial charge in [-0.15, -0.1) is 0 Å². The maximum Gasteiger partial charge on any atom is 0.439 e. The van der Waals surface area contributed by atoms with Crippen molar-refractivity contribution in [2.45, 2.75) is 64.3 Å². The van der Waals surface area contributed by atoms with Gasteiger partial charge in [0.05, 0.1) is 5.92 Å². The standard InChI is InChI=1S/C20H25F3N2O2/c1-12-5-10-16-15(11-12)19(27,20(21,22)23)25(24-16)17(26)13-6-8-14(9-7-13)18(2,3)4/h6-9,12,15,27H,5,10-11H2,1-4H3/t12-,15-,19+/m1/s1. The van der Waals surface area contributed by atoms with E-state index in [0.29, 0.717) is 12.8 Å². The van der Waals surface area contributed by atoms with Crippen LogP contribution in [0.5, 0.6) is 0 Å². The molecule has 7 heteroatoms. The van der Waals surface area contributed by atoms with Crippen molar-refractivity contribution >= 4 is 11.6 Å². The third-order valence-corrected chi connectivity index (χ3v) is 5.58. The van der Waals surface area contributed by atoms with Crippen molar-refractivity contribution in [2.75, 3.05) is 0 Å². The molecule has 27 heavy (non-hydrogen) atoms. The number of hydrazone groups is 1. The largest absolute Gasteiger partial charge is 0.439 e. The van der Waals surface area contributed by atoms with Gasteiger partial charge in [-0.2, -0.15) is 23.3 Å². The minimum atomic E-state index is -5.00. The molecule has 0 spiro atoms. The lowest BCUT2D eigenvalue weighted by molar-refractivity contribution is -0.313. The van der Waals surface area contributed by atoms with Crippen molar-refractivity contribution in [1.29, 1.82) is 0 Å². The number of halogens is 3. The van der Waals surface area contributed by atoms with E-state index >= 15 is 0 Å². The van der Waals surface area contributed by atoms with Gasteiger partial charge in [0.2, 0.25) is 0 Å². The maximum atomic E-state index is 13.9. The molecule has 1 fully saturated rings. The van der Waals surface area contributed by atoms with Crippen molar-refractivity contribution in [2.24, 2.45) is 16.9 Å². The highest BCUT2D eigenvalue weighted by Gasteiger charge is 2.68. The summed E-state index contributed by atoms with van der Waals surface area (Å²) < 4.78 is 41.6. The fourth-order valence-electron chi connectivity index (χ4n) is 3.85. The predicted octanol–water partition coefficient (Wildman–Crippen LogP) is 4.48.